The van der Waals surface area contributed by atoms with Gasteiger partial charge in [-0.2, -0.15) is 0 Å². The smallest absolute Gasteiger partial charge is 0.243 e. The number of aromatic nitrogens is 2. The molecule has 0 amide bonds. The molecule has 0 aliphatic carbocycles. The Hall–Kier alpha value is -1.32. The molecule has 0 saturated carbocycles. The van der Waals surface area contributed by atoms with Crippen molar-refractivity contribution in [2.75, 3.05) is 0 Å². The fourth-order valence-electron chi connectivity index (χ4n) is 4.62. The van der Waals surface area contributed by atoms with Gasteiger partial charge in [-0.25, -0.2) is 9.13 Å². The summed E-state index contributed by atoms with van der Waals surface area (Å²) in [6, 6.07) is 0. The van der Waals surface area contributed by atoms with Gasteiger partial charge in [0.25, 0.3) is 0 Å². The Morgan fingerprint density at radius 1 is 0.618 bits per heavy atom. The summed E-state index contributed by atoms with van der Waals surface area (Å²) in [6.45, 7) is 6.48. The van der Waals surface area contributed by atoms with Crippen LogP contribution in [-0.2, 0) is 17.9 Å². The third-order valence-corrected chi connectivity index (χ3v) is 6.79. The third kappa shape index (κ3) is 23.8. The summed E-state index contributed by atoms with van der Waals surface area (Å²) in [4.78, 5) is 8.25. The number of nitrogens with zero attached hydrogens (tertiary/aromatic N) is 2. The maximum Gasteiger partial charge on any atom is 0.243 e. The van der Waals surface area contributed by atoms with Crippen LogP contribution in [0.2, 0.25) is 0 Å². The number of imidazole rings is 1. The number of hydrogen-bond acceptors (Lipinski definition) is 2. The molecule has 200 valence electrons. The molecule has 0 N–H and O–H groups in total. The third-order valence-electron chi connectivity index (χ3n) is 6.79. The Morgan fingerprint density at radius 2 is 0.971 bits per heavy atom. The normalized spacial score (nSPS) is 10.8. The molecule has 0 aliphatic rings. The van der Waals surface area contributed by atoms with E-state index in [9.17, 15) is 0 Å². The SMILES string of the molecule is CCCCCCCCCCCCCCCCCCn1cc[n+](CCCCCCCC)c1.O=C[O-]. The van der Waals surface area contributed by atoms with Crippen LogP contribution in [0.1, 0.15) is 155 Å². The van der Waals surface area contributed by atoms with Crippen LogP contribution in [-0.4, -0.2) is 11.0 Å². The van der Waals surface area contributed by atoms with E-state index in [0.717, 1.165) is 0 Å². The first-order valence-corrected chi connectivity index (χ1v) is 14.9. The predicted octanol–water partition coefficient (Wildman–Crippen LogP) is 7.76. The number of rotatable bonds is 24. The van der Waals surface area contributed by atoms with Gasteiger partial charge in [0, 0.05) is 6.47 Å². The Kier molecular flexibility index (Phi) is 26.8. The summed E-state index contributed by atoms with van der Waals surface area (Å²) < 4.78 is 4.77. The van der Waals surface area contributed by atoms with Crippen LogP contribution in [0, 0.1) is 0 Å². The topological polar surface area (TPSA) is 48.9 Å². The van der Waals surface area contributed by atoms with Crippen LogP contribution in [0.15, 0.2) is 18.7 Å². The molecule has 4 nitrogen and oxygen atoms in total. The zero-order valence-electron chi connectivity index (χ0n) is 23.0. The monoisotopic (exact) mass is 478 g/mol. The van der Waals surface area contributed by atoms with Crippen LogP contribution in [0.4, 0.5) is 0 Å². The van der Waals surface area contributed by atoms with Crippen molar-refractivity contribution in [3.63, 3.8) is 0 Å². The summed E-state index contributed by atoms with van der Waals surface area (Å²) in [5.41, 5.74) is 0. The predicted molar refractivity (Wildman–Crippen MR) is 144 cm³/mol. The Morgan fingerprint density at radius 3 is 1.38 bits per heavy atom. The van der Waals surface area contributed by atoms with Gasteiger partial charge in [0.15, 0.2) is 0 Å². The molecule has 1 aromatic rings. The molecule has 0 aliphatic heterocycles. The minimum Gasteiger partial charge on any atom is -0.554 e. The van der Waals surface area contributed by atoms with E-state index < -0.39 is 6.47 Å². The van der Waals surface area contributed by atoms with Gasteiger partial charge in [-0.1, -0.05) is 129 Å². The van der Waals surface area contributed by atoms with E-state index in [1.165, 1.54) is 154 Å². The second-order valence-corrected chi connectivity index (χ2v) is 10.1. The second-order valence-electron chi connectivity index (χ2n) is 10.1. The van der Waals surface area contributed by atoms with Crippen molar-refractivity contribution in [1.82, 2.24) is 4.57 Å². The van der Waals surface area contributed by atoms with Crippen molar-refractivity contribution in [2.45, 2.75) is 168 Å². The van der Waals surface area contributed by atoms with E-state index in [1.807, 2.05) is 0 Å². The highest BCUT2D eigenvalue weighted by molar-refractivity contribution is 5.29. The number of aryl methyl sites for hydroxylation is 2. The molecule has 1 aromatic heterocycles. The van der Waals surface area contributed by atoms with Crippen molar-refractivity contribution in [1.29, 1.82) is 0 Å². The fourth-order valence-corrected chi connectivity index (χ4v) is 4.62. The molecule has 4 heteroatoms. The van der Waals surface area contributed by atoms with Crippen LogP contribution in [0.25, 0.3) is 0 Å². The van der Waals surface area contributed by atoms with E-state index in [2.05, 4.69) is 41.7 Å². The number of carboxylic acid groups (broad SMARTS) is 1. The molecule has 0 aromatic carbocycles. The highest BCUT2D eigenvalue weighted by atomic mass is 16.3. The zero-order valence-corrected chi connectivity index (χ0v) is 23.0. The number of hydrogen-bond donors (Lipinski definition) is 0. The Labute approximate surface area is 212 Å². The first kappa shape index (κ1) is 32.7. The van der Waals surface area contributed by atoms with E-state index in [4.69, 9.17) is 9.90 Å². The molecule has 0 radical (unpaired) electrons. The van der Waals surface area contributed by atoms with Crippen LogP contribution in [0.3, 0.4) is 0 Å². The molecule has 0 bridgehead atoms. The van der Waals surface area contributed by atoms with Crippen LogP contribution >= 0.6 is 0 Å². The number of carbonyl (C=O) groups excluding carboxylic acids is 1. The fraction of sp³-hybridized carbons (Fsp3) is 0.867. The first-order valence-electron chi connectivity index (χ1n) is 14.9. The first-order chi connectivity index (χ1) is 16.8. The van der Waals surface area contributed by atoms with Crippen molar-refractivity contribution < 1.29 is 14.5 Å². The van der Waals surface area contributed by atoms with Gasteiger partial charge in [-0.15, -0.1) is 0 Å². The minimum absolute atomic E-state index is 0.500. The van der Waals surface area contributed by atoms with Gasteiger partial charge in [0.1, 0.15) is 12.4 Å². The van der Waals surface area contributed by atoms with Gasteiger partial charge in [-0.3, -0.25) is 0 Å². The number of unbranched alkanes of at least 4 members (excludes halogenated alkanes) is 20. The van der Waals surface area contributed by atoms with Gasteiger partial charge in [0.05, 0.1) is 13.1 Å². The van der Waals surface area contributed by atoms with Gasteiger partial charge < -0.3 is 9.90 Å². The maximum absolute atomic E-state index is 8.25. The summed E-state index contributed by atoms with van der Waals surface area (Å²) >= 11 is 0. The maximum atomic E-state index is 8.25. The molecule has 0 fully saturated rings. The number of carbonyl (C=O) groups is 1. The highest BCUT2D eigenvalue weighted by Gasteiger charge is 2.03. The van der Waals surface area contributed by atoms with Crippen molar-refractivity contribution in [3.8, 4) is 0 Å². The van der Waals surface area contributed by atoms with Crippen molar-refractivity contribution >= 4 is 6.47 Å². The quantitative estimate of drug-likeness (QED) is 0.0865. The van der Waals surface area contributed by atoms with Gasteiger partial charge in [0.2, 0.25) is 6.33 Å². The van der Waals surface area contributed by atoms with E-state index in [-0.39, 0.29) is 0 Å². The second kappa shape index (κ2) is 27.9. The summed E-state index contributed by atoms with van der Waals surface area (Å²) in [5, 5.41) is 8.25. The molecular weight excluding hydrogens is 420 g/mol. The van der Waals surface area contributed by atoms with Crippen molar-refractivity contribution in [2.24, 2.45) is 0 Å². The lowest BCUT2D eigenvalue weighted by atomic mass is 10.0. The average Bonchev–Trinajstić information content (AvgIpc) is 3.29. The molecule has 1 heterocycles. The molecule has 1 rings (SSSR count). The molecule has 0 unspecified atom stereocenters. The summed E-state index contributed by atoms with van der Waals surface area (Å²) in [7, 11) is 0. The van der Waals surface area contributed by atoms with Crippen LogP contribution in [0.5, 0.6) is 0 Å². The lowest BCUT2D eigenvalue weighted by Gasteiger charge is -2.03. The van der Waals surface area contributed by atoms with E-state index >= 15 is 0 Å². The van der Waals surface area contributed by atoms with Crippen LogP contribution < -0.4 is 9.67 Å². The molecule has 34 heavy (non-hydrogen) atoms. The molecule has 0 saturated heterocycles. The largest absolute Gasteiger partial charge is 0.554 e. The summed E-state index contributed by atoms with van der Waals surface area (Å²) in [5.74, 6) is 0. The lowest BCUT2D eigenvalue weighted by Crippen LogP contribution is -2.30. The molecule has 0 spiro atoms. The Bertz CT molecular complexity index is 516. The highest BCUT2D eigenvalue weighted by Crippen LogP contribution is 2.14. The minimum atomic E-state index is -0.500. The zero-order chi connectivity index (χ0) is 25.0. The van der Waals surface area contributed by atoms with Gasteiger partial charge in [-0.05, 0) is 25.7 Å². The van der Waals surface area contributed by atoms with E-state index in [1.54, 1.807) is 0 Å². The average molecular weight is 479 g/mol. The Balaban J connectivity index is 0.00000343. The van der Waals surface area contributed by atoms with E-state index in [0.29, 0.717) is 0 Å². The lowest BCUT2D eigenvalue weighted by molar-refractivity contribution is -0.696. The summed E-state index contributed by atoms with van der Waals surface area (Å²) in [6.07, 6.45) is 38.2. The van der Waals surface area contributed by atoms with Gasteiger partial charge >= 0.3 is 0 Å². The molecular formula is C30H58N2O2. The standard InChI is InChI=1S/C29H57N2.CH2O2/c1-3-5-7-9-11-12-13-14-15-16-17-18-19-20-22-24-26-31-28-27-30(29-31)25-23-21-10-8-6-4-2;2-1-3/h27-29H,3-26H2,1-2H3;1H,(H,2,3)/q+1;/p-1. The molecule has 0 atom stereocenters. The van der Waals surface area contributed by atoms with Crippen molar-refractivity contribution in [3.05, 3.63) is 18.7 Å².